The van der Waals surface area contributed by atoms with Gasteiger partial charge in [0.05, 0.1) is 18.6 Å². The summed E-state index contributed by atoms with van der Waals surface area (Å²) in [6.45, 7) is 9.24. The maximum Gasteiger partial charge on any atom is 0.192 e. The monoisotopic (exact) mass is 490 g/mol. The minimum Gasteiger partial charge on any atom is -0.485 e. The number of thioether (sulfide) groups is 1. The zero-order valence-corrected chi connectivity index (χ0v) is 20.5. The number of ether oxygens (including phenoxy) is 2. The standard InChI is InChI=1S/C26H26N4O4S/c1-4-11-29-25(24-15-33-22-9-5-6-10-23(22)34-24)27-28-26(29)35-16-21(31)20-13-17(2)30(18(20)3)14-19-8-7-12-32-19/h4-10,12-13,24H,1,11,14-16H2,2-3H3/t24-/m0/s1. The van der Waals surface area contributed by atoms with Crippen molar-refractivity contribution in [1.29, 1.82) is 0 Å². The van der Waals surface area contributed by atoms with Crippen LogP contribution in [0.3, 0.4) is 0 Å². The van der Waals surface area contributed by atoms with Crippen LogP contribution < -0.4 is 9.47 Å². The lowest BCUT2D eigenvalue weighted by atomic mass is 10.2. The van der Waals surface area contributed by atoms with Gasteiger partial charge in [-0.05, 0) is 44.2 Å². The number of hydrogen-bond donors (Lipinski definition) is 0. The molecular formula is C26H26N4O4S. The molecule has 1 aliphatic rings. The molecule has 5 rings (SSSR count). The summed E-state index contributed by atoms with van der Waals surface area (Å²) < 4.78 is 21.5. The minimum atomic E-state index is -0.400. The molecule has 35 heavy (non-hydrogen) atoms. The van der Waals surface area contributed by atoms with Crippen molar-refractivity contribution < 1.29 is 18.7 Å². The Kier molecular flexibility index (Phi) is 6.50. The number of benzene rings is 1. The van der Waals surface area contributed by atoms with Crippen LogP contribution in [0.25, 0.3) is 0 Å². The predicted molar refractivity (Wildman–Crippen MR) is 132 cm³/mol. The Morgan fingerprint density at radius 1 is 1.17 bits per heavy atom. The van der Waals surface area contributed by atoms with Crippen LogP contribution in [0.1, 0.15) is 39.4 Å². The van der Waals surface area contributed by atoms with Crippen LogP contribution in [-0.4, -0.2) is 37.5 Å². The van der Waals surface area contributed by atoms with E-state index in [2.05, 4.69) is 21.3 Å². The molecule has 4 heterocycles. The molecule has 1 aromatic carbocycles. The predicted octanol–water partition coefficient (Wildman–Crippen LogP) is 5.01. The number of fused-ring (bicyclic) bond motifs is 1. The molecule has 9 heteroatoms. The van der Waals surface area contributed by atoms with Crippen molar-refractivity contribution in [2.45, 2.75) is 38.2 Å². The molecule has 0 spiro atoms. The second-order valence-corrected chi connectivity index (χ2v) is 9.21. The number of aryl methyl sites for hydroxylation is 1. The van der Waals surface area contributed by atoms with Gasteiger partial charge < -0.3 is 18.5 Å². The van der Waals surface area contributed by atoms with Crippen LogP contribution in [0.5, 0.6) is 11.5 Å². The van der Waals surface area contributed by atoms with Gasteiger partial charge in [0.25, 0.3) is 0 Å². The second-order valence-electron chi connectivity index (χ2n) is 8.27. The lowest BCUT2D eigenvalue weighted by Gasteiger charge is -2.26. The van der Waals surface area contributed by atoms with Gasteiger partial charge in [0.15, 0.2) is 34.4 Å². The topological polar surface area (TPSA) is 84.3 Å². The average Bonchev–Trinajstić information content (AvgIpc) is 3.59. The van der Waals surface area contributed by atoms with E-state index >= 15 is 0 Å². The van der Waals surface area contributed by atoms with Gasteiger partial charge in [-0.15, -0.1) is 16.8 Å². The molecule has 0 bridgehead atoms. The quantitative estimate of drug-likeness (QED) is 0.185. The molecule has 3 aromatic heterocycles. The summed E-state index contributed by atoms with van der Waals surface area (Å²) in [7, 11) is 0. The fourth-order valence-electron chi connectivity index (χ4n) is 4.19. The van der Waals surface area contributed by atoms with Crippen LogP contribution in [0.15, 0.2) is 71.0 Å². The van der Waals surface area contributed by atoms with E-state index in [4.69, 9.17) is 13.9 Å². The Hall–Kier alpha value is -3.72. The summed E-state index contributed by atoms with van der Waals surface area (Å²) in [5.41, 5.74) is 2.64. The van der Waals surface area contributed by atoms with E-state index in [1.807, 2.05) is 60.9 Å². The number of allylic oxidation sites excluding steroid dienone is 1. The molecule has 1 atom stereocenters. The highest BCUT2D eigenvalue weighted by Crippen LogP contribution is 2.36. The Morgan fingerprint density at radius 2 is 2.00 bits per heavy atom. The highest BCUT2D eigenvalue weighted by atomic mass is 32.2. The normalized spacial score (nSPS) is 14.7. The van der Waals surface area contributed by atoms with E-state index in [1.165, 1.54) is 11.8 Å². The van der Waals surface area contributed by atoms with Gasteiger partial charge in [0, 0.05) is 23.5 Å². The van der Waals surface area contributed by atoms with E-state index in [0.717, 1.165) is 17.1 Å². The Bertz CT molecular complexity index is 1360. The van der Waals surface area contributed by atoms with E-state index in [1.54, 1.807) is 12.3 Å². The molecule has 0 aliphatic carbocycles. The number of para-hydroxylation sites is 2. The number of hydrogen-bond acceptors (Lipinski definition) is 7. The molecule has 8 nitrogen and oxygen atoms in total. The van der Waals surface area contributed by atoms with Gasteiger partial charge in [-0.25, -0.2) is 0 Å². The smallest absolute Gasteiger partial charge is 0.192 e. The van der Waals surface area contributed by atoms with Crippen molar-refractivity contribution in [2.75, 3.05) is 12.4 Å². The molecule has 4 aromatic rings. The molecule has 0 unspecified atom stereocenters. The molecule has 180 valence electrons. The molecule has 0 radical (unpaired) electrons. The number of nitrogens with zero attached hydrogens (tertiary/aromatic N) is 4. The summed E-state index contributed by atoms with van der Waals surface area (Å²) in [5.74, 6) is 3.16. The molecule has 0 saturated carbocycles. The average molecular weight is 491 g/mol. The number of carbonyl (C=O) groups is 1. The highest BCUT2D eigenvalue weighted by molar-refractivity contribution is 7.99. The molecule has 0 N–H and O–H groups in total. The zero-order valence-electron chi connectivity index (χ0n) is 19.6. The first kappa shape index (κ1) is 23.0. The van der Waals surface area contributed by atoms with Gasteiger partial charge in [-0.1, -0.05) is 30.0 Å². The Balaban J connectivity index is 1.31. The zero-order chi connectivity index (χ0) is 24.4. The van der Waals surface area contributed by atoms with Crippen LogP contribution in [-0.2, 0) is 13.1 Å². The van der Waals surface area contributed by atoms with Crippen molar-refractivity contribution in [2.24, 2.45) is 0 Å². The number of furan rings is 1. The summed E-state index contributed by atoms with van der Waals surface area (Å²) in [5, 5.41) is 9.36. The summed E-state index contributed by atoms with van der Waals surface area (Å²) >= 11 is 1.36. The molecular weight excluding hydrogens is 464 g/mol. The van der Waals surface area contributed by atoms with E-state index < -0.39 is 6.10 Å². The molecule has 0 amide bonds. The number of carbonyl (C=O) groups excluding carboxylic acids is 1. The first-order valence-corrected chi connectivity index (χ1v) is 12.3. The third-order valence-corrected chi connectivity index (χ3v) is 6.92. The van der Waals surface area contributed by atoms with Gasteiger partial charge in [-0.3, -0.25) is 9.36 Å². The van der Waals surface area contributed by atoms with Gasteiger partial charge in [-0.2, -0.15) is 0 Å². The Morgan fingerprint density at radius 3 is 2.77 bits per heavy atom. The van der Waals surface area contributed by atoms with E-state index in [-0.39, 0.29) is 11.5 Å². The van der Waals surface area contributed by atoms with Crippen LogP contribution in [0, 0.1) is 13.8 Å². The lowest BCUT2D eigenvalue weighted by molar-refractivity contribution is 0.0821. The van der Waals surface area contributed by atoms with Gasteiger partial charge >= 0.3 is 0 Å². The number of aromatic nitrogens is 4. The maximum absolute atomic E-state index is 13.1. The first-order chi connectivity index (χ1) is 17.0. The lowest BCUT2D eigenvalue weighted by Crippen LogP contribution is -2.25. The van der Waals surface area contributed by atoms with Crippen molar-refractivity contribution in [3.63, 3.8) is 0 Å². The Labute approximate surface area is 207 Å². The van der Waals surface area contributed by atoms with Crippen molar-refractivity contribution in [1.82, 2.24) is 19.3 Å². The minimum absolute atomic E-state index is 0.0367. The highest BCUT2D eigenvalue weighted by Gasteiger charge is 2.28. The number of rotatable bonds is 9. The van der Waals surface area contributed by atoms with E-state index in [9.17, 15) is 4.79 Å². The maximum atomic E-state index is 13.1. The third kappa shape index (κ3) is 4.64. The molecule has 0 fully saturated rings. The van der Waals surface area contributed by atoms with Crippen LogP contribution >= 0.6 is 11.8 Å². The first-order valence-electron chi connectivity index (χ1n) is 11.3. The van der Waals surface area contributed by atoms with Gasteiger partial charge in [0.1, 0.15) is 12.4 Å². The SMILES string of the molecule is C=CCn1c(SCC(=O)c2cc(C)n(Cc3ccco3)c2C)nnc1[C@@H]1COc2ccccc2O1. The fraction of sp³-hybridized carbons (Fsp3) is 0.269. The summed E-state index contributed by atoms with van der Waals surface area (Å²) in [6.07, 6.45) is 3.03. The van der Waals surface area contributed by atoms with Crippen molar-refractivity contribution in [3.05, 3.63) is 89.9 Å². The summed E-state index contributed by atoms with van der Waals surface area (Å²) in [6, 6.07) is 13.3. The molecule has 0 saturated heterocycles. The summed E-state index contributed by atoms with van der Waals surface area (Å²) in [4.78, 5) is 13.1. The van der Waals surface area contributed by atoms with Crippen LogP contribution in [0.4, 0.5) is 0 Å². The fourth-order valence-corrected chi connectivity index (χ4v) is 5.02. The number of ketones is 1. The second kappa shape index (κ2) is 9.87. The number of Topliss-reactive ketones (excluding diaryl/α,β-unsaturated/α-hetero) is 1. The van der Waals surface area contributed by atoms with Crippen molar-refractivity contribution in [3.8, 4) is 11.5 Å². The van der Waals surface area contributed by atoms with Gasteiger partial charge in [0.2, 0.25) is 0 Å². The van der Waals surface area contributed by atoms with E-state index in [0.29, 0.717) is 47.7 Å². The van der Waals surface area contributed by atoms with Crippen molar-refractivity contribution >= 4 is 17.5 Å². The third-order valence-electron chi connectivity index (χ3n) is 5.95. The molecule has 1 aliphatic heterocycles. The largest absolute Gasteiger partial charge is 0.485 e. The van der Waals surface area contributed by atoms with Crippen LogP contribution in [0.2, 0.25) is 0 Å².